The number of carbonyl (C=O) groups excluding carboxylic acids is 3. The quantitative estimate of drug-likeness (QED) is 0.0886. The van der Waals surface area contributed by atoms with E-state index in [4.69, 9.17) is 4.74 Å². The number of carbonyl (C=O) groups is 3. The fraction of sp³-hybridized carbons (Fsp3) is 0.0645. The van der Waals surface area contributed by atoms with Crippen molar-refractivity contribution in [3.63, 3.8) is 0 Å². The minimum absolute atomic E-state index is 0.124. The van der Waals surface area contributed by atoms with Crippen LogP contribution in [0.1, 0.15) is 15.9 Å². The van der Waals surface area contributed by atoms with Crippen LogP contribution in [0.15, 0.2) is 114 Å². The molecule has 0 saturated carbocycles. The van der Waals surface area contributed by atoms with E-state index >= 15 is 0 Å². The normalized spacial score (nSPS) is 10.8. The van der Waals surface area contributed by atoms with E-state index in [-0.39, 0.29) is 28.6 Å². The lowest BCUT2D eigenvalue weighted by Crippen LogP contribution is -2.30. The van der Waals surface area contributed by atoms with Crippen molar-refractivity contribution in [2.75, 3.05) is 23.5 Å². The topological polar surface area (TPSA) is 140 Å². The number of hydrogen-bond donors (Lipinski definition) is 3. The third-order valence-corrected chi connectivity index (χ3v) is 6.79. The fourth-order valence-electron chi connectivity index (χ4n) is 3.76. The number of anilines is 2. The number of ether oxygens (including phenoxy) is 1. The Morgan fingerprint density at radius 3 is 2.29 bits per heavy atom. The smallest absolute Gasteiger partial charge is 0.276 e. The number of nitrogens with one attached hydrogen (secondary N) is 3. The number of rotatable bonds is 11. The van der Waals surface area contributed by atoms with Gasteiger partial charge in [0.15, 0.2) is 0 Å². The van der Waals surface area contributed by atoms with E-state index in [0.717, 1.165) is 4.90 Å². The van der Waals surface area contributed by atoms with Crippen LogP contribution in [0.2, 0.25) is 0 Å². The van der Waals surface area contributed by atoms with E-state index < -0.39 is 16.7 Å². The lowest BCUT2D eigenvalue weighted by molar-refractivity contribution is -0.385. The second-order valence-corrected chi connectivity index (χ2v) is 9.79. The van der Waals surface area contributed by atoms with E-state index in [1.807, 2.05) is 0 Å². The van der Waals surface area contributed by atoms with E-state index in [1.165, 1.54) is 36.0 Å². The number of amides is 3. The van der Waals surface area contributed by atoms with Gasteiger partial charge in [0.2, 0.25) is 5.91 Å². The summed E-state index contributed by atoms with van der Waals surface area (Å²) in [6.45, 7) is 0. The minimum Gasteiger partial charge on any atom is -0.497 e. The third-order valence-electron chi connectivity index (χ3n) is 5.80. The van der Waals surface area contributed by atoms with Crippen LogP contribution in [0.4, 0.5) is 17.1 Å². The zero-order valence-corrected chi connectivity index (χ0v) is 23.2. The molecule has 0 fully saturated rings. The maximum atomic E-state index is 13.3. The number of nitro groups is 1. The molecule has 0 aromatic heterocycles. The largest absolute Gasteiger partial charge is 0.497 e. The first kappa shape index (κ1) is 29.6. The van der Waals surface area contributed by atoms with Crippen LogP contribution < -0.4 is 20.7 Å². The Balaban J connectivity index is 1.48. The van der Waals surface area contributed by atoms with E-state index in [2.05, 4.69) is 16.0 Å². The van der Waals surface area contributed by atoms with Crippen molar-refractivity contribution in [1.82, 2.24) is 5.32 Å². The highest BCUT2D eigenvalue weighted by atomic mass is 32.2. The maximum absolute atomic E-state index is 13.3. The number of hydrogen-bond acceptors (Lipinski definition) is 7. The van der Waals surface area contributed by atoms with Gasteiger partial charge in [0.1, 0.15) is 11.4 Å². The second-order valence-electron chi connectivity index (χ2n) is 8.74. The molecule has 0 radical (unpaired) electrons. The van der Waals surface area contributed by atoms with Gasteiger partial charge in [0, 0.05) is 27.9 Å². The number of nitro benzene ring substituents is 1. The molecule has 0 spiro atoms. The van der Waals surface area contributed by atoms with Gasteiger partial charge in [-0.05, 0) is 66.7 Å². The summed E-state index contributed by atoms with van der Waals surface area (Å²) in [7, 11) is 1.56. The number of nitrogens with zero attached hydrogens (tertiary/aromatic N) is 1. The summed E-state index contributed by atoms with van der Waals surface area (Å²) in [5.41, 5.74) is 1.09. The Kier molecular flexibility index (Phi) is 10.1. The summed E-state index contributed by atoms with van der Waals surface area (Å²) >= 11 is 1.27. The molecule has 0 heterocycles. The van der Waals surface area contributed by atoms with Gasteiger partial charge in [-0.25, -0.2) is 0 Å². The van der Waals surface area contributed by atoms with Gasteiger partial charge in [-0.15, -0.1) is 11.8 Å². The highest BCUT2D eigenvalue weighted by Gasteiger charge is 2.18. The Morgan fingerprint density at radius 2 is 1.57 bits per heavy atom. The lowest BCUT2D eigenvalue weighted by atomic mass is 10.1. The van der Waals surface area contributed by atoms with Crippen LogP contribution in [0.5, 0.6) is 5.75 Å². The summed E-state index contributed by atoms with van der Waals surface area (Å²) in [6.07, 6.45) is 1.26. The molecule has 3 amide bonds. The molecule has 0 aliphatic rings. The van der Waals surface area contributed by atoms with Crippen LogP contribution in [0.3, 0.4) is 0 Å². The first-order valence-electron chi connectivity index (χ1n) is 12.6. The fourth-order valence-corrected chi connectivity index (χ4v) is 4.51. The molecule has 0 saturated heterocycles. The molecule has 0 atom stereocenters. The molecule has 0 aliphatic heterocycles. The summed E-state index contributed by atoms with van der Waals surface area (Å²) < 4.78 is 5.12. The molecule has 3 N–H and O–H groups in total. The van der Waals surface area contributed by atoms with Crippen molar-refractivity contribution in [2.45, 2.75) is 4.90 Å². The molecule has 0 bridgehead atoms. The van der Waals surface area contributed by atoms with Crippen molar-refractivity contribution in [1.29, 1.82) is 0 Å². The molecule has 4 aromatic carbocycles. The molecular weight excluding hydrogens is 556 g/mol. The molecule has 11 heteroatoms. The van der Waals surface area contributed by atoms with E-state index in [9.17, 15) is 24.5 Å². The van der Waals surface area contributed by atoms with Crippen LogP contribution in [-0.2, 0) is 9.59 Å². The van der Waals surface area contributed by atoms with E-state index in [0.29, 0.717) is 22.7 Å². The molecule has 10 nitrogen and oxygen atoms in total. The van der Waals surface area contributed by atoms with Gasteiger partial charge >= 0.3 is 0 Å². The van der Waals surface area contributed by atoms with Crippen LogP contribution in [0, 0.1) is 10.1 Å². The maximum Gasteiger partial charge on any atom is 0.276 e. The minimum atomic E-state index is -0.683. The average molecular weight is 583 g/mol. The molecule has 4 aromatic rings. The Bertz CT molecular complexity index is 1620. The van der Waals surface area contributed by atoms with Gasteiger partial charge in [-0.2, -0.15) is 0 Å². The van der Waals surface area contributed by atoms with Crippen LogP contribution >= 0.6 is 11.8 Å². The highest BCUT2D eigenvalue weighted by Crippen LogP contribution is 2.24. The summed E-state index contributed by atoms with van der Waals surface area (Å²) in [5.74, 6) is -0.641. The Labute approximate surface area is 245 Å². The third kappa shape index (κ3) is 8.29. The second kappa shape index (κ2) is 14.3. The summed E-state index contributed by atoms with van der Waals surface area (Å²) in [4.78, 5) is 50.3. The predicted octanol–water partition coefficient (Wildman–Crippen LogP) is 5.74. The monoisotopic (exact) mass is 582 g/mol. The molecule has 4 rings (SSSR count). The van der Waals surface area contributed by atoms with Gasteiger partial charge in [-0.1, -0.05) is 36.4 Å². The molecule has 42 heavy (non-hydrogen) atoms. The summed E-state index contributed by atoms with van der Waals surface area (Å²) in [6, 6.07) is 28.0. The summed E-state index contributed by atoms with van der Waals surface area (Å²) in [5, 5.41) is 19.7. The zero-order valence-electron chi connectivity index (χ0n) is 22.4. The standard InChI is InChI=1S/C31H26N4O6S/c1-41-25-16-14-23(15-17-25)32-29(36)20-42-26-12-7-11-24(19-26)33-31(38)27(34-30(37)21-8-3-2-4-9-21)18-22-10-5-6-13-28(22)35(39)40/h2-19H,20H2,1H3,(H,32,36)(H,33,38)(H,34,37)/b27-18+. The van der Waals surface area contributed by atoms with Crippen LogP contribution in [-0.4, -0.2) is 35.5 Å². The van der Waals surface area contributed by atoms with Crippen molar-refractivity contribution < 1.29 is 24.0 Å². The number of para-hydroxylation sites is 1. The van der Waals surface area contributed by atoms with E-state index in [1.54, 1.807) is 92.0 Å². The van der Waals surface area contributed by atoms with Gasteiger partial charge in [-0.3, -0.25) is 24.5 Å². The van der Waals surface area contributed by atoms with Crippen molar-refractivity contribution in [3.8, 4) is 5.75 Å². The van der Waals surface area contributed by atoms with Crippen molar-refractivity contribution in [2.24, 2.45) is 0 Å². The lowest BCUT2D eigenvalue weighted by Gasteiger charge is -2.12. The number of thioether (sulfide) groups is 1. The average Bonchev–Trinajstić information content (AvgIpc) is 3.01. The Hall–Kier alpha value is -5.42. The predicted molar refractivity (Wildman–Crippen MR) is 162 cm³/mol. The number of methoxy groups -OCH3 is 1. The Morgan fingerprint density at radius 1 is 0.857 bits per heavy atom. The first-order chi connectivity index (χ1) is 20.3. The van der Waals surface area contributed by atoms with Gasteiger partial charge in [0.25, 0.3) is 17.5 Å². The van der Waals surface area contributed by atoms with Crippen molar-refractivity contribution >= 4 is 52.6 Å². The van der Waals surface area contributed by atoms with Crippen molar-refractivity contribution in [3.05, 3.63) is 130 Å². The SMILES string of the molecule is COc1ccc(NC(=O)CSc2cccc(NC(=O)/C(=C\c3ccccc3[N+](=O)[O-])NC(=O)c3ccccc3)c2)cc1. The highest BCUT2D eigenvalue weighted by molar-refractivity contribution is 8.00. The molecular formula is C31H26N4O6S. The van der Waals surface area contributed by atoms with Gasteiger partial charge < -0.3 is 20.7 Å². The molecule has 0 unspecified atom stereocenters. The number of benzene rings is 4. The van der Waals surface area contributed by atoms with Gasteiger partial charge in [0.05, 0.1) is 23.3 Å². The zero-order chi connectivity index (χ0) is 29.9. The first-order valence-corrected chi connectivity index (χ1v) is 13.6. The molecule has 0 aliphatic carbocycles. The van der Waals surface area contributed by atoms with Crippen LogP contribution in [0.25, 0.3) is 6.08 Å². The molecule has 212 valence electrons.